The number of likely N-dealkylation sites (tertiary alicyclic amines) is 1. The van der Waals surface area contributed by atoms with Crippen molar-refractivity contribution in [1.82, 2.24) is 10.2 Å². The molecule has 0 saturated carbocycles. The van der Waals surface area contributed by atoms with Crippen LogP contribution < -0.4 is 5.32 Å². The quantitative estimate of drug-likeness (QED) is 0.761. The summed E-state index contributed by atoms with van der Waals surface area (Å²) in [5.74, 6) is 0. The highest BCUT2D eigenvalue weighted by atomic mass is 35.5. The minimum Gasteiger partial charge on any atom is -0.395 e. The lowest BCUT2D eigenvalue weighted by Crippen LogP contribution is -2.41. The van der Waals surface area contributed by atoms with E-state index >= 15 is 0 Å². The summed E-state index contributed by atoms with van der Waals surface area (Å²) in [6, 6.07) is 0.437. The molecule has 3 nitrogen and oxygen atoms in total. The SMILES string of the molecule is CC1(CN2CCC[C@@H]2CO)CCNC1.Cl. The van der Waals surface area contributed by atoms with Gasteiger partial charge < -0.3 is 10.4 Å². The number of nitrogens with zero attached hydrogens (tertiary/aromatic N) is 1. The highest BCUT2D eigenvalue weighted by Crippen LogP contribution is 2.29. The first kappa shape index (κ1) is 13.2. The summed E-state index contributed by atoms with van der Waals surface area (Å²) in [6.45, 7) is 7.34. The second-order valence-electron chi connectivity index (χ2n) is 5.19. The lowest BCUT2D eigenvalue weighted by Gasteiger charge is -2.32. The van der Waals surface area contributed by atoms with Crippen LogP contribution in [0.2, 0.25) is 0 Å². The van der Waals surface area contributed by atoms with Gasteiger partial charge in [0.25, 0.3) is 0 Å². The molecule has 1 unspecified atom stereocenters. The highest BCUT2D eigenvalue weighted by Gasteiger charge is 2.34. The second kappa shape index (κ2) is 5.48. The van der Waals surface area contributed by atoms with Crippen LogP contribution >= 0.6 is 12.4 Å². The van der Waals surface area contributed by atoms with Crippen LogP contribution in [0.5, 0.6) is 0 Å². The first-order valence-electron chi connectivity index (χ1n) is 5.79. The van der Waals surface area contributed by atoms with E-state index in [1.54, 1.807) is 0 Å². The number of halogens is 1. The molecule has 0 spiro atoms. The molecule has 2 N–H and O–H groups in total. The Morgan fingerprint density at radius 1 is 1.53 bits per heavy atom. The maximum absolute atomic E-state index is 9.24. The third-order valence-corrected chi connectivity index (χ3v) is 3.75. The zero-order chi connectivity index (χ0) is 10.0. The molecular weight excluding hydrogens is 212 g/mol. The van der Waals surface area contributed by atoms with Crippen molar-refractivity contribution in [3.05, 3.63) is 0 Å². The molecule has 2 aliphatic rings. The monoisotopic (exact) mass is 234 g/mol. The Bertz CT molecular complexity index is 195. The van der Waals surface area contributed by atoms with Gasteiger partial charge in [-0.25, -0.2) is 0 Å². The van der Waals surface area contributed by atoms with E-state index in [-0.39, 0.29) is 12.4 Å². The van der Waals surface area contributed by atoms with Crippen LogP contribution in [-0.4, -0.2) is 48.8 Å². The van der Waals surface area contributed by atoms with Gasteiger partial charge in [0, 0.05) is 19.1 Å². The van der Waals surface area contributed by atoms with Gasteiger partial charge in [0.2, 0.25) is 0 Å². The summed E-state index contributed by atoms with van der Waals surface area (Å²) in [7, 11) is 0. The van der Waals surface area contributed by atoms with Crippen LogP contribution in [0, 0.1) is 5.41 Å². The number of hydrogen-bond donors (Lipinski definition) is 2. The maximum atomic E-state index is 9.24. The highest BCUT2D eigenvalue weighted by molar-refractivity contribution is 5.85. The van der Waals surface area contributed by atoms with Crippen molar-refractivity contribution in [2.45, 2.75) is 32.2 Å². The molecule has 0 radical (unpaired) electrons. The lowest BCUT2D eigenvalue weighted by atomic mass is 9.89. The molecule has 2 atom stereocenters. The van der Waals surface area contributed by atoms with Crippen molar-refractivity contribution in [3.8, 4) is 0 Å². The van der Waals surface area contributed by atoms with Crippen molar-refractivity contribution < 1.29 is 5.11 Å². The Hall–Kier alpha value is 0.170. The number of aliphatic hydroxyl groups excluding tert-OH is 1. The Labute approximate surface area is 98.6 Å². The second-order valence-corrected chi connectivity index (χ2v) is 5.19. The zero-order valence-corrected chi connectivity index (χ0v) is 10.4. The average molecular weight is 235 g/mol. The number of aliphatic hydroxyl groups is 1. The van der Waals surface area contributed by atoms with E-state index in [0.29, 0.717) is 18.1 Å². The summed E-state index contributed by atoms with van der Waals surface area (Å²) in [6.07, 6.45) is 3.72. The molecule has 0 amide bonds. The molecule has 2 fully saturated rings. The predicted molar refractivity (Wildman–Crippen MR) is 64.5 cm³/mol. The zero-order valence-electron chi connectivity index (χ0n) is 9.54. The Morgan fingerprint density at radius 2 is 2.33 bits per heavy atom. The van der Waals surface area contributed by atoms with Gasteiger partial charge in [0.15, 0.2) is 0 Å². The molecule has 90 valence electrons. The molecule has 0 aromatic rings. The molecule has 0 aromatic heterocycles. The number of hydrogen-bond acceptors (Lipinski definition) is 3. The van der Waals surface area contributed by atoms with Gasteiger partial charge in [-0.1, -0.05) is 6.92 Å². The minimum absolute atomic E-state index is 0. The van der Waals surface area contributed by atoms with Crippen LogP contribution in [0.3, 0.4) is 0 Å². The van der Waals surface area contributed by atoms with Crippen LogP contribution in [0.1, 0.15) is 26.2 Å². The van der Waals surface area contributed by atoms with Gasteiger partial charge in [-0.15, -0.1) is 12.4 Å². The Kier molecular flexibility index (Phi) is 4.84. The third-order valence-electron chi connectivity index (χ3n) is 3.75. The standard InChI is InChI=1S/C11H22N2O.ClH/c1-11(4-5-12-8-11)9-13-6-2-3-10(13)7-14;/h10,12,14H,2-9H2,1H3;1H/t10-,11?;/m1./s1. The van der Waals surface area contributed by atoms with E-state index < -0.39 is 0 Å². The van der Waals surface area contributed by atoms with Gasteiger partial charge in [0.05, 0.1) is 6.61 Å². The molecular formula is C11H23ClN2O. The molecule has 0 aromatic carbocycles. The van der Waals surface area contributed by atoms with E-state index in [0.717, 1.165) is 19.6 Å². The van der Waals surface area contributed by atoms with Crippen molar-refractivity contribution in [3.63, 3.8) is 0 Å². The fourth-order valence-electron chi connectivity index (χ4n) is 2.80. The van der Waals surface area contributed by atoms with Crippen molar-refractivity contribution in [1.29, 1.82) is 0 Å². The third kappa shape index (κ3) is 3.06. The summed E-state index contributed by atoms with van der Waals surface area (Å²) >= 11 is 0. The Morgan fingerprint density at radius 3 is 2.93 bits per heavy atom. The first-order valence-corrected chi connectivity index (χ1v) is 5.79. The van der Waals surface area contributed by atoms with E-state index in [1.807, 2.05) is 0 Å². The van der Waals surface area contributed by atoms with Gasteiger partial charge >= 0.3 is 0 Å². The molecule has 0 bridgehead atoms. The summed E-state index contributed by atoms with van der Waals surface area (Å²) in [5.41, 5.74) is 0.442. The summed E-state index contributed by atoms with van der Waals surface area (Å²) < 4.78 is 0. The minimum atomic E-state index is 0. The predicted octanol–water partition coefficient (Wildman–Crippen LogP) is 0.864. The van der Waals surface area contributed by atoms with Crippen LogP contribution in [0.15, 0.2) is 0 Å². The lowest BCUT2D eigenvalue weighted by molar-refractivity contribution is 0.117. The number of rotatable bonds is 3. The maximum Gasteiger partial charge on any atom is 0.0586 e. The van der Waals surface area contributed by atoms with Gasteiger partial charge in [-0.3, -0.25) is 4.90 Å². The molecule has 15 heavy (non-hydrogen) atoms. The molecule has 2 saturated heterocycles. The molecule has 4 heteroatoms. The van der Waals surface area contributed by atoms with Crippen LogP contribution in [0.4, 0.5) is 0 Å². The number of nitrogens with one attached hydrogen (secondary N) is 1. The van der Waals surface area contributed by atoms with Crippen molar-refractivity contribution in [2.75, 3.05) is 32.8 Å². The van der Waals surface area contributed by atoms with Crippen molar-refractivity contribution in [2.24, 2.45) is 5.41 Å². The fourth-order valence-corrected chi connectivity index (χ4v) is 2.80. The first-order chi connectivity index (χ1) is 6.73. The average Bonchev–Trinajstić information content (AvgIpc) is 2.75. The van der Waals surface area contributed by atoms with Gasteiger partial charge in [-0.2, -0.15) is 0 Å². The molecule has 0 aliphatic carbocycles. The topological polar surface area (TPSA) is 35.5 Å². The van der Waals surface area contributed by atoms with E-state index in [9.17, 15) is 5.11 Å². The van der Waals surface area contributed by atoms with Crippen LogP contribution in [0.25, 0.3) is 0 Å². The largest absolute Gasteiger partial charge is 0.395 e. The van der Waals surface area contributed by atoms with E-state index in [2.05, 4.69) is 17.1 Å². The van der Waals surface area contributed by atoms with Crippen LogP contribution in [-0.2, 0) is 0 Å². The Balaban J connectivity index is 0.00000112. The van der Waals surface area contributed by atoms with Gasteiger partial charge in [-0.05, 0) is 37.8 Å². The fraction of sp³-hybridized carbons (Fsp3) is 1.00. The van der Waals surface area contributed by atoms with E-state index in [4.69, 9.17) is 0 Å². The molecule has 2 rings (SSSR count). The normalized spacial score (nSPS) is 36.8. The van der Waals surface area contributed by atoms with E-state index in [1.165, 1.54) is 25.8 Å². The van der Waals surface area contributed by atoms with Crippen molar-refractivity contribution >= 4 is 12.4 Å². The summed E-state index contributed by atoms with van der Waals surface area (Å²) in [5, 5.41) is 12.7. The molecule has 2 aliphatic heterocycles. The molecule has 2 heterocycles. The van der Waals surface area contributed by atoms with Gasteiger partial charge in [0.1, 0.15) is 0 Å². The smallest absolute Gasteiger partial charge is 0.0586 e. The summed E-state index contributed by atoms with van der Waals surface area (Å²) in [4.78, 5) is 2.48.